The summed E-state index contributed by atoms with van der Waals surface area (Å²) in [7, 11) is 9.52. The fourth-order valence-corrected chi connectivity index (χ4v) is 1.51. The molecule has 0 aliphatic heterocycles. The van der Waals surface area contributed by atoms with E-state index in [-0.39, 0.29) is 24.0 Å². The Labute approximate surface area is 126 Å². The van der Waals surface area contributed by atoms with Crippen molar-refractivity contribution in [1.82, 2.24) is 14.8 Å². The third-order valence-corrected chi connectivity index (χ3v) is 2.21. The van der Waals surface area contributed by atoms with Gasteiger partial charge in [0.25, 0.3) is 0 Å². The number of halogens is 1. The Morgan fingerprint density at radius 1 is 1.28 bits per heavy atom. The number of hydrogen-bond acceptors (Lipinski definition) is 3. The Morgan fingerprint density at radius 2 is 1.89 bits per heavy atom. The molecule has 0 aromatic carbocycles. The van der Waals surface area contributed by atoms with Crippen LogP contribution in [-0.2, 0) is 6.54 Å². The van der Waals surface area contributed by atoms with Crippen LogP contribution in [0.5, 0.6) is 5.88 Å². The number of hydrogen-bond donors (Lipinski definition) is 0. The van der Waals surface area contributed by atoms with Crippen molar-refractivity contribution >= 4 is 29.9 Å². The highest BCUT2D eigenvalue weighted by Gasteiger charge is 2.04. The van der Waals surface area contributed by atoms with Crippen LogP contribution in [0.4, 0.5) is 0 Å². The quantitative estimate of drug-likeness (QED) is 0.465. The van der Waals surface area contributed by atoms with E-state index in [9.17, 15) is 0 Å². The summed E-state index contributed by atoms with van der Waals surface area (Å²) in [4.78, 5) is 12.6. The first-order valence-electron chi connectivity index (χ1n) is 5.42. The molecular formula is C12H21IN4O. The van der Waals surface area contributed by atoms with Crippen LogP contribution in [0.3, 0.4) is 0 Å². The second-order valence-electron chi connectivity index (χ2n) is 4.11. The Bertz CT molecular complexity index is 383. The van der Waals surface area contributed by atoms with Gasteiger partial charge >= 0.3 is 0 Å². The minimum atomic E-state index is 0. The van der Waals surface area contributed by atoms with Crippen molar-refractivity contribution in [3.63, 3.8) is 0 Å². The lowest BCUT2D eigenvalue weighted by atomic mass is 10.3. The van der Waals surface area contributed by atoms with E-state index < -0.39 is 0 Å². The molecule has 0 aliphatic carbocycles. The summed E-state index contributed by atoms with van der Waals surface area (Å²) in [6.45, 7) is 0.616. The molecule has 1 aromatic heterocycles. The molecule has 5 nitrogen and oxygen atoms in total. The molecule has 0 spiro atoms. The van der Waals surface area contributed by atoms with Gasteiger partial charge in [-0.1, -0.05) is 0 Å². The molecule has 0 saturated carbocycles. The number of guanidine groups is 1. The van der Waals surface area contributed by atoms with E-state index in [4.69, 9.17) is 4.74 Å². The second-order valence-corrected chi connectivity index (χ2v) is 4.11. The van der Waals surface area contributed by atoms with Crippen LogP contribution in [0.1, 0.15) is 5.56 Å². The zero-order chi connectivity index (χ0) is 12.8. The number of aliphatic imine (C=N–C) groups is 1. The number of aromatic nitrogens is 1. The van der Waals surface area contributed by atoms with Crippen molar-refractivity contribution in [2.75, 3.05) is 35.3 Å². The Kier molecular flexibility index (Phi) is 7.65. The van der Waals surface area contributed by atoms with Crippen LogP contribution >= 0.6 is 24.0 Å². The first kappa shape index (κ1) is 16.9. The van der Waals surface area contributed by atoms with Gasteiger partial charge in [-0.15, -0.1) is 24.0 Å². The lowest BCUT2D eigenvalue weighted by molar-refractivity contribution is 0.397. The summed E-state index contributed by atoms with van der Waals surface area (Å²) >= 11 is 0. The third-order valence-electron chi connectivity index (χ3n) is 2.21. The highest BCUT2D eigenvalue weighted by atomic mass is 127. The molecule has 102 valence electrons. The molecule has 0 bridgehead atoms. The van der Waals surface area contributed by atoms with Gasteiger partial charge in [0.2, 0.25) is 5.88 Å². The van der Waals surface area contributed by atoms with Gasteiger partial charge in [-0.3, -0.25) is 0 Å². The molecule has 1 aromatic rings. The minimum Gasteiger partial charge on any atom is -0.481 e. The van der Waals surface area contributed by atoms with Gasteiger partial charge in [-0.25, -0.2) is 9.98 Å². The van der Waals surface area contributed by atoms with E-state index in [0.29, 0.717) is 12.4 Å². The maximum absolute atomic E-state index is 5.08. The van der Waals surface area contributed by atoms with Crippen molar-refractivity contribution < 1.29 is 4.74 Å². The number of nitrogens with zero attached hydrogens (tertiary/aromatic N) is 4. The zero-order valence-corrected chi connectivity index (χ0v) is 13.9. The minimum absolute atomic E-state index is 0. The van der Waals surface area contributed by atoms with Gasteiger partial charge in [-0.2, -0.15) is 0 Å². The van der Waals surface area contributed by atoms with E-state index in [1.54, 1.807) is 13.3 Å². The van der Waals surface area contributed by atoms with Crippen molar-refractivity contribution in [3.8, 4) is 5.88 Å². The van der Waals surface area contributed by atoms with E-state index in [2.05, 4.69) is 9.98 Å². The van der Waals surface area contributed by atoms with Crippen LogP contribution in [0.15, 0.2) is 23.3 Å². The molecule has 0 fully saturated rings. The van der Waals surface area contributed by atoms with Gasteiger partial charge in [-0.05, 0) is 11.6 Å². The number of rotatable bonds is 3. The molecule has 1 rings (SSSR count). The van der Waals surface area contributed by atoms with E-state index in [1.165, 1.54) is 0 Å². The average Bonchev–Trinajstić information content (AvgIpc) is 2.28. The zero-order valence-electron chi connectivity index (χ0n) is 11.5. The number of methoxy groups -OCH3 is 1. The van der Waals surface area contributed by atoms with Gasteiger partial charge < -0.3 is 14.5 Å². The molecular weight excluding hydrogens is 343 g/mol. The van der Waals surface area contributed by atoms with E-state index >= 15 is 0 Å². The molecule has 18 heavy (non-hydrogen) atoms. The highest BCUT2D eigenvalue weighted by molar-refractivity contribution is 14.0. The van der Waals surface area contributed by atoms with Gasteiger partial charge in [0.1, 0.15) is 0 Å². The van der Waals surface area contributed by atoms with E-state index in [1.807, 2.05) is 50.1 Å². The van der Waals surface area contributed by atoms with Crippen LogP contribution in [0, 0.1) is 0 Å². The largest absolute Gasteiger partial charge is 0.481 e. The molecule has 0 unspecified atom stereocenters. The van der Waals surface area contributed by atoms with Gasteiger partial charge in [0, 0.05) is 40.5 Å². The summed E-state index contributed by atoms with van der Waals surface area (Å²) in [6, 6.07) is 3.83. The first-order valence-corrected chi connectivity index (χ1v) is 5.42. The van der Waals surface area contributed by atoms with Crippen LogP contribution in [0.25, 0.3) is 0 Å². The predicted molar refractivity (Wildman–Crippen MR) is 84.7 cm³/mol. The van der Waals surface area contributed by atoms with Crippen molar-refractivity contribution in [2.24, 2.45) is 4.99 Å². The summed E-state index contributed by atoms with van der Waals surface area (Å²) in [6.07, 6.45) is 1.73. The molecule has 6 heteroatoms. The Hall–Kier alpha value is -1.05. The Balaban J connectivity index is 0.00000289. The average molecular weight is 364 g/mol. The van der Waals surface area contributed by atoms with Crippen molar-refractivity contribution in [3.05, 3.63) is 23.9 Å². The second kappa shape index (κ2) is 8.12. The first-order chi connectivity index (χ1) is 8.04. The Morgan fingerprint density at radius 3 is 2.39 bits per heavy atom. The molecule has 1 heterocycles. The van der Waals surface area contributed by atoms with Crippen molar-refractivity contribution in [2.45, 2.75) is 6.54 Å². The fraction of sp³-hybridized carbons (Fsp3) is 0.500. The topological polar surface area (TPSA) is 41.0 Å². The summed E-state index contributed by atoms with van der Waals surface area (Å²) < 4.78 is 5.08. The maximum atomic E-state index is 5.08. The maximum Gasteiger partial charge on any atom is 0.213 e. The number of pyridine rings is 1. The number of ether oxygens (including phenoxy) is 1. The molecule has 0 saturated heterocycles. The highest BCUT2D eigenvalue weighted by Crippen LogP contribution is 2.09. The standard InChI is InChI=1S/C12H20N4O.HI/c1-15(2)12(16(3)4)14-9-10-6-7-13-11(8-10)17-5;/h6-8H,9H2,1-5H3;1H. The van der Waals surface area contributed by atoms with Crippen LogP contribution in [0.2, 0.25) is 0 Å². The summed E-state index contributed by atoms with van der Waals surface area (Å²) in [5.41, 5.74) is 1.08. The fourth-order valence-electron chi connectivity index (χ4n) is 1.51. The summed E-state index contributed by atoms with van der Waals surface area (Å²) in [5.74, 6) is 1.55. The lowest BCUT2D eigenvalue weighted by Crippen LogP contribution is -2.35. The van der Waals surface area contributed by atoms with Crippen LogP contribution in [-0.4, -0.2) is 56.0 Å². The summed E-state index contributed by atoms with van der Waals surface area (Å²) in [5, 5.41) is 0. The van der Waals surface area contributed by atoms with Crippen LogP contribution < -0.4 is 4.74 Å². The lowest BCUT2D eigenvalue weighted by Gasteiger charge is -2.22. The molecule has 0 amide bonds. The van der Waals surface area contributed by atoms with Gasteiger partial charge in [0.15, 0.2) is 5.96 Å². The monoisotopic (exact) mass is 364 g/mol. The molecule has 0 atom stereocenters. The smallest absolute Gasteiger partial charge is 0.213 e. The van der Waals surface area contributed by atoms with E-state index in [0.717, 1.165) is 11.5 Å². The van der Waals surface area contributed by atoms with Crippen molar-refractivity contribution in [1.29, 1.82) is 0 Å². The van der Waals surface area contributed by atoms with Gasteiger partial charge in [0.05, 0.1) is 13.7 Å². The molecule has 0 radical (unpaired) electrons. The SMILES string of the molecule is COc1cc(CN=C(N(C)C)N(C)C)ccn1.I. The molecule has 0 N–H and O–H groups in total. The molecule has 0 aliphatic rings. The predicted octanol–water partition coefficient (Wildman–Crippen LogP) is 1.69. The third kappa shape index (κ3) is 5.07. The normalized spacial score (nSPS) is 9.17.